The van der Waals surface area contributed by atoms with E-state index in [9.17, 15) is 9.59 Å². The first-order chi connectivity index (χ1) is 14.3. The van der Waals surface area contributed by atoms with Crippen molar-refractivity contribution in [2.24, 2.45) is 0 Å². The number of halogens is 1. The van der Waals surface area contributed by atoms with Crippen LogP contribution in [0, 0.1) is 6.92 Å². The van der Waals surface area contributed by atoms with Gasteiger partial charge in [0.15, 0.2) is 6.61 Å². The number of aryl methyl sites for hydroxylation is 1. The number of benzene rings is 2. The minimum atomic E-state index is -0.574. The number of rotatable bonds is 10. The van der Waals surface area contributed by atoms with Gasteiger partial charge in [-0.25, -0.2) is 0 Å². The van der Waals surface area contributed by atoms with E-state index in [0.717, 1.165) is 17.5 Å². The van der Waals surface area contributed by atoms with Crippen LogP contribution < -0.4 is 10.1 Å². The molecule has 6 heteroatoms. The third-order valence-electron chi connectivity index (χ3n) is 4.98. The van der Waals surface area contributed by atoms with E-state index in [4.69, 9.17) is 16.3 Å². The minimum Gasteiger partial charge on any atom is -0.484 e. The number of hydrogen-bond acceptors (Lipinski definition) is 3. The Kier molecular flexibility index (Phi) is 9.18. The monoisotopic (exact) mass is 430 g/mol. The average Bonchev–Trinajstić information content (AvgIpc) is 2.71. The maximum absolute atomic E-state index is 13.1. The van der Waals surface area contributed by atoms with Crippen LogP contribution in [0.5, 0.6) is 5.75 Å². The van der Waals surface area contributed by atoms with Crippen LogP contribution in [0.2, 0.25) is 5.02 Å². The lowest BCUT2D eigenvalue weighted by Gasteiger charge is -2.31. The fraction of sp³-hybridized carbons (Fsp3) is 0.417. The largest absolute Gasteiger partial charge is 0.484 e. The van der Waals surface area contributed by atoms with E-state index in [-0.39, 0.29) is 24.5 Å². The molecule has 0 bridgehead atoms. The summed E-state index contributed by atoms with van der Waals surface area (Å²) in [4.78, 5) is 27.6. The van der Waals surface area contributed by atoms with E-state index in [0.29, 0.717) is 23.7 Å². The van der Waals surface area contributed by atoms with Gasteiger partial charge in [0.2, 0.25) is 5.91 Å². The standard InChI is InChI=1S/C24H31ClN2O3/c1-5-18(4)26-24(29)22(6-2)27(15-19-10-7-9-17(3)13-19)23(28)16-30-21-12-8-11-20(25)14-21/h7-14,18,22H,5-6,15-16H2,1-4H3,(H,26,29)/t18-,22+/m1/s1. The number of nitrogens with zero attached hydrogens (tertiary/aromatic N) is 1. The summed E-state index contributed by atoms with van der Waals surface area (Å²) in [5, 5.41) is 3.54. The highest BCUT2D eigenvalue weighted by Crippen LogP contribution is 2.18. The average molecular weight is 431 g/mol. The Bertz CT molecular complexity index is 856. The number of carbonyl (C=O) groups excluding carboxylic acids is 2. The van der Waals surface area contributed by atoms with Gasteiger partial charge in [0.05, 0.1) is 0 Å². The molecule has 1 N–H and O–H groups in total. The van der Waals surface area contributed by atoms with E-state index < -0.39 is 6.04 Å². The van der Waals surface area contributed by atoms with Crippen LogP contribution in [0.1, 0.15) is 44.7 Å². The molecule has 0 unspecified atom stereocenters. The third kappa shape index (κ3) is 7.06. The number of carbonyl (C=O) groups is 2. The summed E-state index contributed by atoms with van der Waals surface area (Å²) >= 11 is 5.99. The van der Waals surface area contributed by atoms with E-state index >= 15 is 0 Å². The second kappa shape index (κ2) is 11.6. The Hall–Kier alpha value is -2.53. The molecular weight excluding hydrogens is 400 g/mol. The molecule has 0 aliphatic rings. The van der Waals surface area contributed by atoms with Gasteiger partial charge in [0.1, 0.15) is 11.8 Å². The molecule has 162 valence electrons. The van der Waals surface area contributed by atoms with Crippen molar-refractivity contribution in [2.75, 3.05) is 6.61 Å². The molecule has 2 aromatic carbocycles. The fourth-order valence-corrected chi connectivity index (χ4v) is 3.33. The van der Waals surface area contributed by atoms with E-state index in [1.165, 1.54) is 0 Å². The first-order valence-corrected chi connectivity index (χ1v) is 10.8. The number of hydrogen-bond donors (Lipinski definition) is 1. The van der Waals surface area contributed by atoms with Crippen LogP contribution in [0.25, 0.3) is 0 Å². The van der Waals surface area contributed by atoms with Crippen molar-refractivity contribution >= 4 is 23.4 Å². The molecule has 0 radical (unpaired) electrons. The highest BCUT2D eigenvalue weighted by Gasteiger charge is 2.29. The normalized spacial score (nSPS) is 12.7. The van der Waals surface area contributed by atoms with Crippen molar-refractivity contribution in [3.05, 3.63) is 64.7 Å². The lowest BCUT2D eigenvalue weighted by atomic mass is 10.1. The zero-order valence-corrected chi connectivity index (χ0v) is 18.9. The van der Waals surface area contributed by atoms with E-state index in [2.05, 4.69) is 5.32 Å². The summed E-state index contributed by atoms with van der Waals surface area (Å²) in [6.45, 7) is 8.06. The molecule has 2 amide bonds. The summed E-state index contributed by atoms with van der Waals surface area (Å²) in [7, 11) is 0. The molecule has 5 nitrogen and oxygen atoms in total. The highest BCUT2D eigenvalue weighted by molar-refractivity contribution is 6.30. The quantitative estimate of drug-likeness (QED) is 0.591. The Balaban J connectivity index is 2.21. The molecule has 0 spiro atoms. The van der Waals surface area contributed by atoms with Crippen LogP contribution in [-0.4, -0.2) is 35.4 Å². The summed E-state index contributed by atoms with van der Waals surface area (Å²) in [5.74, 6) is 0.127. The van der Waals surface area contributed by atoms with Crippen molar-refractivity contribution in [1.82, 2.24) is 10.2 Å². The molecule has 2 atom stereocenters. The fourth-order valence-electron chi connectivity index (χ4n) is 3.15. The van der Waals surface area contributed by atoms with Gasteiger partial charge in [-0.05, 0) is 50.5 Å². The van der Waals surface area contributed by atoms with Gasteiger partial charge in [0.25, 0.3) is 5.91 Å². The molecule has 0 aromatic heterocycles. The highest BCUT2D eigenvalue weighted by atomic mass is 35.5. The zero-order valence-electron chi connectivity index (χ0n) is 18.2. The smallest absolute Gasteiger partial charge is 0.261 e. The van der Waals surface area contributed by atoms with Crippen LogP contribution in [-0.2, 0) is 16.1 Å². The summed E-state index contributed by atoms with van der Waals surface area (Å²) in [5.41, 5.74) is 2.08. The Morgan fingerprint density at radius 1 is 1.10 bits per heavy atom. The number of nitrogens with one attached hydrogen (secondary N) is 1. The molecule has 2 aromatic rings. The Morgan fingerprint density at radius 2 is 1.83 bits per heavy atom. The maximum atomic E-state index is 13.1. The van der Waals surface area contributed by atoms with Gasteiger partial charge in [-0.2, -0.15) is 0 Å². The third-order valence-corrected chi connectivity index (χ3v) is 5.22. The summed E-state index contributed by atoms with van der Waals surface area (Å²) in [6.07, 6.45) is 1.34. The van der Waals surface area contributed by atoms with Crippen molar-refractivity contribution in [1.29, 1.82) is 0 Å². The molecule has 0 aliphatic heterocycles. The number of amides is 2. The second-order valence-electron chi connectivity index (χ2n) is 7.50. The molecular formula is C24H31ClN2O3. The maximum Gasteiger partial charge on any atom is 0.261 e. The van der Waals surface area contributed by atoms with Crippen LogP contribution >= 0.6 is 11.6 Å². The van der Waals surface area contributed by atoms with Crippen LogP contribution in [0.4, 0.5) is 0 Å². The van der Waals surface area contributed by atoms with Crippen molar-refractivity contribution in [2.45, 2.75) is 59.2 Å². The minimum absolute atomic E-state index is 0.0465. The topological polar surface area (TPSA) is 58.6 Å². The van der Waals surface area contributed by atoms with Crippen molar-refractivity contribution in [3.8, 4) is 5.75 Å². The molecule has 0 saturated carbocycles. The number of ether oxygens (including phenoxy) is 1. The summed E-state index contributed by atoms with van der Waals surface area (Å²) < 4.78 is 5.66. The lowest BCUT2D eigenvalue weighted by Crippen LogP contribution is -2.51. The first kappa shape index (κ1) is 23.7. The lowest BCUT2D eigenvalue weighted by molar-refractivity contribution is -0.143. The molecule has 0 fully saturated rings. The second-order valence-corrected chi connectivity index (χ2v) is 7.94. The molecule has 0 saturated heterocycles. The van der Waals surface area contributed by atoms with Crippen molar-refractivity contribution < 1.29 is 14.3 Å². The molecule has 0 aliphatic carbocycles. The van der Waals surface area contributed by atoms with E-state index in [1.54, 1.807) is 29.2 Å². The van der Waals surface area contributed by atoms with E-state index in [1.807, 2.05) is 52.0 Å². The Labute approximate surface area is 184 Å². The van der Waals surface area contributed by atoms with Gasteiger partial charge >= 0.3 is 0 Å². The first-order valence-electron chi connectivity index (χ1n) is 10.4. The SMILES string of the molecule is CC[C@@H](C)NC(=O)[C@H](CC)N(Cc1cccc(C)c1)C(=O)COc1cccc(Cl)c1. The molecule has 30 heavy (non-hydrogen) atoms. The predicted molar refractivity (Wildman–Crippen MR) is 121 cm³/mol. The van der Waals surface area contributed by atoms with Crippen molar-refractivity contribution in [3.63, 3.8) is 0 Å². The van der Waals surface area contributed by atoms with Gasteiger partial charge in [-0.1, -0.05) is 61.3 Å². The van der Waals surface area contributed by atoms with Gasteiger partial charge in [-0.15, -0.1) is 0 Å². The van der Waals surface area contributed by atoms with Gasteiger partial charge in [0, 0.05) is 17.6 Å². The molecule has 0 heterocycles. The summed E-state index contributed by atoms with van der Waals surface area (Å²) in [6, 6.07) is 14.3. The zero-order chi connectivity index (χ0) is 22.1. The van der Waals surface area contributed by atoms with Gasteiger partial charge in [-0.3, -0.25) is 9.59 Å². The molecule has 2 rings (SSSR count). The van der Waals surface area contributed by atoms with Crippen LogP contribution in [0.3, 0.4) is 0 Å². The van der Waals surface area contributed by atoms with Gasteiger partial charge < -0.3 is 15.0 Å². The Morgan fingerprint density at radius 3 is 2.47 bits per heavy atom. The van der Waals surface area contributed by atoms with Crippen LogP contribution in [0.15, 0.2) is 48.5 Å². The predicted octanol–water partition coefficient (Wildman–Crippen LogP) is 4.75.